The van der Waals surface area contributed by atoms with E-state index in [2.05, 4.69) is 26.2 Å². The van der Waals surface area contributed by atoms with Crippen molar-refractivity contribution in [2.24, 2.45) is 0 Å². The molecule has 0 saturated heterocycles. The van der Waals surface area contributed by atoms with Crippen LogP contribution in [0.1, 0.15) is 10.4 Å². The number of hydrogen-bond donors (Lipinski definition) is 1. The van der Waals surface area contributed by atoms with Crippen LogP contribution in [0.2, 0.25) is 0 Å². The van der Waals surface area contributed by atoms with Crippen LogP contribution in [0.4, 0.5) is 5.82 Å². The fourth-order valence-electron chi connectivity index (χ4n) is 2.18. The largest absolute Gasteiger partial charge is 0.307 e. The molecule has 0 unspecified atom stereocenters. The van der Waals surface area contributed by atoms with Crippen LogP contribution in [0, 0.1) is 0 Å². The maximum absolute atomic E-state index is 12.5. The van der Waals surface area contributed by atoms with Crippen molar-refractivity contribution in [1.29, 1.82) is 0 Å². The number of halogens is 1. The summed E-state index contributed by atoms with van der Waals surface area (Å²) in [6.07, 6.45) is 1.65. The highest BCUT2D eigenvalue weighted by Gasteiger charge is 2.12. The second-order valence-electron chi connectivity index (χ2n) is 4.73. The summed E-state index contributed by atoms with van der Waals surface area (Å²) in [5.74, 6) is 0.352. The Morgan fingerprint density at radius 2 is 1.64 bits per heavy atom. The lowest BCUT2D eigenvalue weighted by molar-refractivity contribution is 0.102. The summed E-state index contributed by atoms with van der Waals surface area (Å²) < 4.78 is 0.871. The third-order valence-electron chi connectivity index (χ3n) is 3.23. The molecule has 0 spiro atoms. The summed E-state index contributed by atoms with van der Waals surface area (Å²) in [5.41, 5.74) is 2.54. The first-order valence-electron chi connectivity index (χ1n) is 6.81. The van der Waals surface area contributed by atoms with Crippen LogP contribution in [-0.2, 0) is 0 Å². The smallest absolute Gasteiger partial charge is 0.257 e. The predicted molar refractivity (Wildman–Crippen MR) is 91.8 cm³/mol. The zero-order valence-electron chi connectivity index (χ0n) is 11.7. The van der Waals surface area contributed by atoms with Gasteiger partial charge in [0.2, 0.25) is 0 Å². The van der Waals surface area contributed by atoms with Crippen LogP contribution >= 0.6 is 15.9 Å². The van der Waals surface area contributed by atoms with E-state index < -0.39 is 0 Å². The Labute approximate surface area is 137 Å². The summed E-state index contributed by atoms with van der Waals surface area (Å²) >= 11 is 3.32. The highest BCUT2D eigenvalue weighted by Crippen LogP contribution is 2.24. The van der Waals surface area contributed by atoms with E-state index in [1.54, 1.807) is 12.3 Å². The fraction of sp³-hybridized carbons (Fsp3) is 0. The van der Waals surface area contributed by atoms with Gasteiger partial charge in [0, 0.05) is 16.2 Å². The molecule has 1 aromatic heterocycles. The van der Waals surface area contributed by atoms with Gasteiger partial charge in [0.05, 0.1) is 0 Å². The summed E-state index contributed by atoms with van der Waals surface area (Å²) in [7, 11) is 0. The second kappa shape index (κ2) is 6.54. The van der Waals surface area contributed by atoms with E-state index in [4.69, 9.17) is 0 Å². The molecule has 1 amide bonds. The molecule has 1 N–H and O–H groups in total. The molecule has 3 aromatic rings. The van der Waals surface area contributed by atoms with Crippen molar-refractivity contribution < 1.29 is 4.79 Å². The number of amides is 1. The van der Waals surface area contributed by atoms with Gasteiger partial charge < -0.3 is 5.32 Å². The number of pyridine rings is 1. The molecule has 1 heterocycles. The van der Waals surface area contributed by atoms with Gasteiger partial charge in [-0.15, -0.1) is 0 Å². The van der Waals surface area contributed by atoms with E-state index in [1.807, 2.05) is 60.7 Å². The molecule has 0 saturated carbocycles. The topological polar surface area (TPSA) is 42.0 Å². The molecule has 22 heavy (non-hydrogen) atoms. The Hall–Kier alpha value is -2.46. The molecule has 108 valence electrons. The van der Waals surface area contributed by atoms with Gasteiger partial charge in [0.15, 0.2) is 0 Å². The summed E-state index contributed by atoms with van der Waals surface area (Å²) in [4.78, 5) is 16.7. The fourth-order valence-corrected chi connectivity index (χ4v) is 2.42. The monoisotopic (exact) mass is 352 g/mol. The van der Waals surface area contributed by atoms with Gasteiger partial charge in [0.1, 0.15) is 5.82 Å². The standard InChI is InChI=1S/C18H13BrN2O/c19-14-10-11-17(20-12-14)21-18(22)16-9-5-4-8-15(16)13-6-2-1-3-7-13/h1-12H,(H,20,21,22). The van der Waals surface area contributed by atoms with Crippen LogP contribution in [0.25, 0.3) is 11.1 Å². The van der Waals surface area contributed by atoms with Gasteiger partial charge in [-0.1, -0.05) is 48.5 Å². The summed E-state index contributed by atoms with van der Waals surface area (Å²) in [6.45, 7) is 0. The Balaban J connectivity index is 1.91. The summed E-state index contributed by atoms with van der Waals surface area (Å²) in [6, 6.07) is 21.0. The van der Waals surface area contributed by atoms with Gasteiger partial charge in [-0.25, -0.2) is 4.98 Å². The van der Waals surface area contributed by atoms with E-state index in [9.17, 15) is 4.79 Å². The lowest BCUT2D eigenvalue weighted by Crippen LogP contribution is -2.14. The summed E-state index contributed by atoms with van der Waals surface area (Å²) in [5, 5.41) is 2.82. The zero-order chi connectivity index (χ0) is 15.4. The number of carbonyl (C=O) groups is 1. The van der Waals surface area contributed by atoms with Gasteiger partial charge in [-0.3, -0.25) is 4.79 Å². The quantitative estimate of drug-likeness (QED) is 0.737. The lowest BCUT2D eigenvalue weighted by Gasteiger charge is -2.10. The van der Waals surface area contributed by atoms with Crippen LogP contribution in [0.15, 0.2) is 77.4 Å². The Morgan fingerprint density at radius 1 is 0.909 bits per heavy atom. The van der Waals surface area contributed by atoms with E-state index in [-0.39, 0.29) is 5.91 Å². The van der Waals surface area contributed by atoms with Crippen molar-refractivity contribution >= 4 is 27.7 Å². The number of aromatic nitrogens is 1. The number of benzene rings is 2. The minimum absolute atomic E-state index is 0.172. The van der Waals surface area contributed by atoms with Gasteiger partial charge in [-0.05, 0) is 45.3 Å². The molecule has 3 nitrogen and oxygen atoms in total. The third kappa shape index (κ3) is 3.23. The van der Waals surface area contributed by atoms with Gasteiger partial charge in [-0.2, -0.15) is 0 Å². The van der Waals surface area contributed by atoms with Crippen LogP contribution < -0.4 is 5.32 Å². The van der Waals surface area contributed by atoms with Crippen molar-refractivity contribution in [2.45, 2.75) is 0 Å². The molecular formula is C18H13BrN2O. The number of nitrogens with one attached hydrogen (secondary N) is 1. The van der Waals surface area contributed by atoms with E-state index in [0.717, 1.165) is 15.6 Å². The van der Waals surface area contributed by atoms with Gasteiger partial charge >= 0.3 is 0 Å². The highest BCUT2D eigenvalue weighted by atomic mass is 79.9. The Morgan fingerprint density at radius 3 is 2.36 bits per heavy atom. The molecule has 0 bridgehead atoms. The first kappa shape index (κ1) is 14.5. The van der Waals surface area contributed by atoms with Crippen molar-refractivity contribution in [3.05, 3.63) is 83.0 Å². The van der Waals surface area contributed by atoms with Crippen LogP contribution in [0.5, 0.6) is 0 Å². The predicted octanol–water partition coefficient (Wildman–Crippen LogP) is 4.76. The molecule has 3 rings (SSSR count). The molecule has 0 radical (unpaired) electrons. The van der Waals surface area contributed by atoms with Crippen molar-refractivity contribution in [1.82, 2.24) is 4.98 Å². The Kier molecular flexibility index (Phi) is 4.30. The molecule has 0 atom stereocenters. The number of carbonyl (C=O) groups excluding carboxylic acids is 1. The van der Waals surface area contributed by atoms with Crippen molar-refractivity contribution in [2.75, 3.05) is 5.32 Å². The normalized spacial score (nSPS) is 10.2. The number of anilines is 1. The maximum atomic E-state index is 12.5. The van der Waals surface area contributed by atoms with Crippen molar-refractivity contribution in [3.8, 4) is 11.1 Å². The molecular weight excluding hydrogens is 340 g/mol. The van der Waals surface area contributed by atoms with Crippen molar-refractivity contribution in [3.63, 3.8) is 0 Å². The average molecular weight is 353 g/mol. The molecule has 0 aliphatic carbocycles. The molecule has 0 aliphatic heterocycles. The third-order valence-corrected chi connectivity index (χ3v) is 3.69. The first-order chi connectivity index (χ1) is 10.7. The number of rotatable bonds is 3. The van der Waals surface area contributed by atoms with Crippen LogP contribution in [0.3, 0.4) is 0 Å². The highest BCUT2D eigenvalue weighted by molar-refractivity contribution is 9.10. The minimum atomic E-state index is -0.172. The maximum Gasteiger partial charge on any atom is 0.257 e. The van der Waals surface area contributed by atoms with E-state index in [1.165, 1.54) is 0 Å². The first-order valence-corrected chi connectivity index (χ1v) is 7.61. The average Bonchev–Trinajstić information content (AvgIpc) is 2.58. The molecule has 0 fully saturated rings. The SMILES string of the molecule is O=C(Nc1ccc(Br)cn1)c1ccccc1-c1ccccc1. The van der Waals surface area contributed by atoms with E-state index >= 15 is 0 Å². The second-order valence-corrected chi connectivity index (χ2v) is 5.64. The Bertz CT molecular complexity index is 786. The van der Waals surface area contributed by atoms with E-state index in [0.29, 0.717) is 11.4 Å². The lowest BCUT2D eigenvalue weighted by atomic mass is 9.99. The zero-order valence-corrected chi connectivity index (χ0v) is 13.2. The number of nitrogens with zero attached hydrogens (tertiary/aromatic N) is 1. The molecule has 0 aliphatic rings. The number of hydrogen-bond acceptors (Lipinski definition) is 2. The minimum Gasteiger partial charge on any atom is -0.307 e. The van der Waals surface area contributed by atoms with Crippen LogP contribution in [-0.4, -0.2) is 10.9 Å². The molecule has 4 heteroatoms. The molecule has 2 aromatic carbocycles. The van der Waals surface area contributed by atoms with Gasteiger partial charge in [0.25, 0.3) is 5.91 Å².